The SMILES string of the molecule is O=c1[nH][nH]c(=O)n1C1CNc2ccccc2C1. The molecule has 2 aromatic rings. The van der Waals surface area contributed by atoms with E-state index in [4.69, 9.17) is 0 Å². The Kier molecular flexibility index (Phi) is 2.14. The molecular formula is C11H12N4O2. The number of aromatic amines is 2. The van der Waals surface area contributed by atoms with Crippen LogP contribution in [0.25, 0.3) is 0 Å². The van der Waals surface area contributed by atoms with Gasteiger partial charge in [-0.15, -0.1) is 0 Å². The summed E-state index contributed by atoms with van der Waals surface area (Å²) in [6, 6.07) is 7.76. The van der Waals surface area contributed by atoms with Gasteiger partial charge >= 0.3 is 11.4 Å². The number of rotatable bonds is 1. The maximum Gasteiger partial charge on any atom is 0.344 e. The van der Waals surface area contributed by atoms with Gasteiger partial charge in [0.05, 0.1) is 6.04 Å². The molecule has 0 radical (unpaired) electrons. The van der Waals surface area contributed by atoms with Gasteiger partial charge in [0.25, 0.3) is 0 Å². The number of aromatic nitrogens is 3. The van der Waals surface area contributed by atoms with E-state index in [9.17, 15) is 9.59 Å². The van der Waals surface area contributed by atoms with Crippen molar-refractivity contribution in [1.82, 2.24) is 14.8 Å². The van der Waals surface area contributed by atoms with Gasteiger partial charge in [-0.2, -0.15) is 0 Å². The lowest BCUT2D eigenvalue weighted by atomic mass is 10.00. The van der Waals surface area contributed by atoms with Crippen LogP contribution in [0, 0.1) is 0 Å². The molecule has 3 N–H and O–H groups in total. The Bertz CT molecular complexity index is 624. The van der Waals surface area contributed by atoms with E-state index in [1.165, 1.54) is 4.57 Å². The van der Waals surface area contributed by atoms with Crippen molar-refractivity contribution >= 4 is 5.69 Å². The van der Waals surface area contributed by atoms with Crippen molar-refractivity contribution in [2.45, 2.75) is 12.5 Å². The molecule has 88 valence electrons. The molecule has 0 bridgehead atoms. The monoisotopic (exact) mass is 232 g/mol. The summed E-state index contributed by atoms with van der Waals surface area (Å²) in [4.78, 5) is 23.0. The molecule has 0 spiro atoms. The van der Waals surface area contributed by atoms with Crippen LogP contribution in [0.5, 0.6) is 0 Å². The highest BCUT2D eigenvalue weighted by Gasteiger charge is 2.22. The summed E-state index contributed by atoms with van der Waals surface area (Å²) in [6.07, 6.45) is 0.685. The Morgan fingerprint density at radius 1 is 1.12 bits per heavy atom. The number of para-hydroxylation sites is 1. The summed E-state index contributed by atoms with van der Waals surface area (Å²) in [6.45, 7) is 0.581. The lowest BCUT2D eigenvalue weighted by Gasteiger charge is -2.25. The Labute approximate surface area is 96.3 Å². The zero-order chi connectivity index (χ0) is 11.8. The topological polar surface area (TPSA) is 82.7 Å². The van der Waals surface area contributed by atoms with Crippen LogP contribution < -0.4 is 16.7 Å². The van der Waals surface area contributed by atoms with Crippen molar-refractivity contribution in [3.8, 4) is 0 Å². The predicted octanol–water partition coefficient (Wildman–Crippen LogP) is 0.0740. The van der Waals surface area contributed by atoms with Crippen LogP contribution in [0.3, 0.4) is 0 Å². The second kappa shape index (κ2) is 3.65. The standard InChI is InChI=1S/C11H12N4O2/c16-10-13-14-11(17)15(10)8-5-7-3-1-2-4-9(7)12-6-8/h1-4,8,12H,5-6H2,(H,13,16)(H,14,17). The molecule has 1 aromatic carbocycles. The third kappa shape index (κ3) is 1.57. The quantitative estimate of drug-likeness (QED) is 0.651. The minimum Gasteiger partial charge on any atom is -0.383 e. The largest absolute Gasteiger partial charge is 0.383 e. The van der Waals surface area contributed by atoms with Crippen LogP contribution in [0.15, 0.2) is 33.9 Å². The van der Waals surface area contributed by atoms with Gasteiger partial charge < -0.3 is 5.32 Å². The zero-order valence-electron chi connectivity index (χ0n) is 9.06. The van der Waals surface area contributed by atoms with Gasteiger partial charge in [0.1, 0.15) is 0 Å². The van der Waals surface area contributed by atoms with E-state index in [2.05, 4.69) is 15.5 Å². The number of fused-ring (bicyclic) bond motifs is 1. The fourth-order valence-corrected chi connectivity index (χ4v) is 2.26. The molecule has 1 atom stereocenters. The van der Waals surface area contributed by atoms with Gasteiger partial charge in [0, 0.05) is 12.2 Å². The average Bonchev–Trinajstić information content (AvgIpc) is 2.68. The maximum atomic E-state index is 11.5. The van der Waals surface area contributed by atoms with Crippen molar-refractivity contribution in [1.29, 1.82) is 0 Å². The lowest BCUT2D eigenvalue weighted by molar-refractivity contribution is 0.484. The van der Waals surface area contributed by atoms with E-state index >= 15 is 0 Å². The minimum absolute atomic E-state index is 0.146. The molecular weight excluding hydrogens is 220 g/mol. The van der Waals surface area contributed by atoms with Crippen LogP contribution in [0.4, 0.5) is 5.69 Å². The number of nitrogens with zero attached hydrogens (tertiary/aromatic N) is 1. The fraction of sp³-hybridized carbons (Fsp3) is 0.273. The highest BCUT2D eigenvalue weighted by Crippen LogP contribution is 2.25. The van der Waals surface area contributed by atoms with E-state index in [0.717, 1.165) is 11.3 Å². The molecule has 6 nitrogen and oxygen atoms in total. The fourth-order valence-electron chi connectivity index (χ4n) is 2.26. The number of hydrogen-bond acceptors (Lipinski definition) is 3. The zero-order valence-corrected chi connectivity index (χ0v) is 9.06. The summed E-state index contributed by atoms with van der Waals surface area (Å²) in [5, 5.41) is 7.83. The predicted molar refractivity (Wildman–Crippen MR) is 63.3 cm³/mol. The molecule has 0 fully saturated rings. The van der Waals surface area contributed by atoms with E-state index in [1.54, 1.807) is 0 Å². The van der Waals surface area contributed by atoms with Gasteiger partial charge in [-0.25, -0.2) is 24.4 Å². The minimum atomic E-state index is -0.388. The van der Waals surface area contributed by atoms with E-state index in [1.807, 2.05) is 24.3 Å². The molecule has 0 saturated carbocycles. The van der Waals surface area contributed by atoms with Crippen molar-refractivity contribution in [3.63, 3.8) is 0 Å². The number of hydrogen-bond donors (Lipinski definition) is 3. The summed E-state index contributed by atoms with van der Waals surface area (Å²) in [5.41, 5.74) is 1.42. The van der Waals surface area contributed by atoms with Crippen LogP contribution in [-0.4, -0.2) is 21.3 Å². The van der Waals surface area contributed by atoms with Crippen LogP contribution in [-0.2, 0) is 6.42 Å². The van der Waals surface area contributed by atoms with Gasteiger partial charge in [-0.1, -0.05) is 18.2 Å². The highest BCUT2D eigenvalue weighted by atomic mass is 16.2. The molecule has 3 rings (SSSR count). The first kappa shape index (κ1) is 9.95. The smallest absolute Gasteiger partial charge is 0.344 e. The third-order valence-electron chi connectivity index (χ3n) is 3.08. The summed E-state index contributed by atoms with van der Waals surface area (Å²) in [7, 11) is 0. The van der Waals surface area contributed by atoms with E-state index in [-0.39, 0.29) is 17.4 Å². The molecule has 17 heavy (non-hydrogen) atoms. The summed E-state index contributed by atoms with van der Waals surface area (Å²) < 4.78 is 1.23. The molecule has 0 saturated heterocycles. The number of benzene rings is 1. The molecule has 1 unspecified atom stereocenters. The second-order valence-corrected chi connectivity index (χ2v) is 4.13. The first-order valence-corrected chi connectivity index (χ1v) is 5.46. The lowest BCUT2D eigenvalue weighted by Crippen LogP contribution is -2.37. The van der Waals surface area contributed by atoms with Crippen molar-refractivity contribution in [2.24, 2.45) is 0 Å². The first-order valence-electron chi connectivity index (χ1n) is 5.46. The van der Waals surface area contributed by atoms with Gasteiger partial charge in [-0.3, -0.25) is 0 Å². The van der Waals surface area contributed by atoms with Gasteiger partial charge in [0.15, 0.2) is 0 Å². The van der Waals surface area contributed by atoms with Crippen LogP contribution in [0.1, 0.15) is 11.6 Å². The summed E-state index contributed by atoms with van der Waals surface area (Å²) >= 11 is 0. The molecule has 6 heteroatoms. The highest BCUT2D eigenvalue weighted by molar-refractivity contribution is 5.53. The van der Waals surface area contributed by atoms with Gasteiger partial charge in [-0.05, 0) is 18.1 Å². The number of anilines is 1. The maximum absolute atomic E-state index is 11.5. The average molecular weight is 232 g/mol. The molecule has 1 aromatic heterocycles. The molecule has 2 heterocycles. The van der Waals surface area contributed by atoms with E-state index in [0.29, 0.717) is 13.0 Å². The first-order chi connectivity index (χ1) is 8.25. The second-order valence-electron chi connectivity index (χ2n) is 4.13. The summed E-state index contributed by atoms with van der Waals surface area (Å²) in [5.74, 6) is 0. The van der Waals surface area contributed by atoms with Crippen molar-refractivity contribution < 1.29 is 0 Å². The van der Waals surface area contributed by atoms with Crippen molar-refractivity contribution in [3.05, 3.63) is 50.8 Å². The normalized spacial score (nSPS) is 18.5. The van der Waals surface area contributed by atoms with Crippen molar-refractivity contribution in [2.75, 3.05) is 11.9 Å². The number of nitrogens with one attached hydrogen (secondary N) is 3. The Balaban J connectivity index is 2.00. The van der Waals surface area contributed by atoms with Crippen LogP contribution in [0.2, 0.25) is 0 Å². The molecule has 0 amide bonds. The molecule has 0 aliphatic carbocycles. The van der Waals surface area contributed by atoms with Gasteiger partial charge in [0.2, 0.25) is 0 Å². The molecule has 1 aliphatic rings. The third-order valence-corrected chi connectivity index (χ3v) is 3.08. The van der Waals surface area contributed by atoms with Crippen LogP contribution >= 0.6 is 0 Å². The number of H-pyrrole nitrogens is 2. The Hall–Kier alpha value is -2.24. The molecule has 1 aliphatic heterocycles. The van der Waals surface area contributed by atoms with E-state index < -0.39 is 0 Å². The Morgan fingerprint density at radius 3 is 2.59 bits per heavy atom. The Morgan fingerprint density at radius 2 is 1.82 bits per heavy atom.